The van der Waals surface area contributed by atoms with Gasteiger partial charge in [-0.3, -0.25) is 9.59 Å². The predicted molar refractivity (Wildman–Crippen MR) is 68.1 cm³/mol. The van der Waals surface area contributed by atoms with Crippen LogP contribution in [0.15, 0.2) is 36.9 Å². The highest BCUT2D eigenvalue weighted by atomic mass is 16.1. The highest BCUT2D eigenvalue weighted by Gasteiger charge is 2.01. The summed E-state index contributed by atoms with van der Waals surface area (Å²) in [6, 6.07) is 7.01. The average molecular weight is 232 g/mol. The molecule has 0 saturated heterocycles. The van der Waals surface area contributed by atoms with Crippen LogP contribution in [0.25, 0.3) is 0 Å². The minimum Gasteiger partial charge on any atom is -0.376 e. The van der Waals surface area contributed by atoms with Gasteiger partial charge in [-0.25, -0.2) is 0 Å². The topological polar surface area (TPSA) is 58.2 Å². The van der Waals surface area contributed by atoms with E-state index in [2.05, 4.69) is 17.2 Å². The summed E-state index contributed by atoms with van der Waals surface area (Å²) in [6.07, 6.45) is 1.62. The lowest BCUT2D eigenvalue weighted by Gasteiger charge is -2.06. The Morgan fingerprint density at radius 1 is 1.29 bits per heavy atom. The van der Waals surface area contributed by atoms with Crippen LogP contribution in [0, 0.1) is 0 Å². The van der Waals surface area contributed by atoms with Crippen LogP contribution in [0.2, 0.25) is 0 Å². The Balaban J connectivity index is 2.44. The SMILES string of the molecule is C=CCNC(=O)CNc1ccc(C(C)=O)cc1. The summed E-state index contributed by atoms with van der Waals surface area (Å²) >= 11 is 0. The second kappa shape index (κ2) is 6.48. The monoisotopic (exact) mass is 232 g/mol. The second-order valence-electron chi connectivity index (χ2n) is 3.58. The molecule has 17 heavy (non-hydrogen) atoms. The molecule has 0 saturated carbocycles. The summed E-state index contributed by atoms with van der Waals surface area (Å²) in [4.78, 5) is 22.3. The van der Waals surface area contributed by atoms with E-state index >= 15 is 0 Å². The molecule has 2 N–H and O–H groups in total. The number of carbonyl (C=O) groups excluding carboxylic acids is 2. The molecule has 0 bridgehead atoms. The van der Waals surface area contributed by atoms with Crippen molar-refractivity contribution in [2.24, 2.45) is 0 Å². The van der Waals surface area contributed by atoms with Crippen molar-refractivity contribution in [1.82, 2.24) is 5.32 Å². The first-order chi connectivity index (χ1) is 8.13. The molecular formula is C13H16N2O2. The van der Waals surface area contributed by atoms with E-state index in [1.54, 1.807) is 30.3 Å². The Bertz CT molecular complexity index is 410. The number of hydrogen-bond acceptors (Lipinski definition) is 3. The lowest BCUT2D eigenvalue weighted by Crippen LogP contribution is -2.29. The van der Waals surface area contributed by atoms with Crippen molar-refractivity contribution in [1.29, 1.82) is 0 Å². The summed E-state index contributed by atoms with van der Waals surface area (Å²) < 4.78 is 0. The molecule has 90 valence electrons. The van der Waals surface area contributed by atoms with Crippen LogP contribution in [-0.4, -0.2) is 24.8 Å². The van der Waals surface area contributed by atoms with Gasteiger partial charge in [-0.15, -0.1) is 6.58 Å². The molecule has 1 aromatic rings. The summed E-state index contributed by atoms with van der Waals surface area (Å²) in [7, 11) is 0. The van der Waals surface area contributed by atoms with Crippen LogP contribution in [0.3, 0.4) is 0 Å². The number of benzene rings is 1. The van der Waals surface area contributed by atoms with Gasteiger partial charge in [0.15, 0.2) is 5.78 Å². The van der Waals surface area contributed by atoms with E-state index in [1.807, 2.05) is 0 Å². The first-order valence-corrected chi connectivity index (χ1v) is 5.36. The predicted octanol–water partition coefficient (Wildman–Crippen LogP) is 1.60. The first kappa shape index (κ1) is 13.0. The Labute approximate surface area is 101 Å². The Hall–Kier alpha value is -2.10. The maximum absolute atomic E-state index is 11.3. The normalized spacial score (nSPS) is 9.47. The fourth-order valence-corrected chi connectivity index (χ4v) is 1.25. The molecule has 0 aliphatic heterocycles. The van der Waals surface area contributed by atoms with E-state index in [0.717, 1.165) is 5.69 Å². The largest absolute Gasteiger partial charge is 0.376 e. The van der Waals surface area contributed by atoms with Gasteiger partial charge in [-0.2, -0.15) is 0 Å². The van der Waals surface area contributed by atoms with Crippen LogP contribution in [0.5, 0.6) is 0 Å². The average Bonchev–Trinajstić information content (AvgIpc) is 2.34. The van der Waals surface area contributed by atoms with Gasteiger partial charge in [0.05, 0.1) is 6.54 Å². The quantitative estimate of drug-likeness (QED) is 0.578. The van der Waals surface area contributed by atoms with Gasteiger partial charge in [-0.1, -0.05) is 6.08 Å². The third kappa shape index (κ3) is 4.51. The molecule has 0 unspecified atom stereocenters. The van der Waals surface area contributed by atoms with Crippen LogP contribution in [-0.2, 0) is 4.79 Å². The first-order valence-electron chi connectivity index (χ1n) is 5.36. The number of carbonyl (C=O) groups is 2. The minimum atomic E-state index is -0.0967. The molecule has 0 aromatic heterocycles. The van der Waals surface area contributed by atoms with Crippen molar-refractivity contribution in [3.05, 3.63) is 42.5 Å². The summed E-state index contributed by atoms with van der Waals surface area (Å²) in [5.41, 5.74) is 1.47. The molecule has 4 nitrogen and oxygen atoms in total. The zero-order valence-corrected chi connectivity index (χ0v) is 9.82. The number of hydrogen-bond donors (Lipinski definition) is 2. The molecule has 0 aliphatic rings. The minimum absolute atomic E-state index is 0.0280. The number of ketones is 1. The molecule has 1 rings (SSSR count). The van der Waals surface area contributed by atoms with E-state index in [0.29, 0.717) is 12.1 Å². The molecule has 4 heteroatoms. The van der Waals surface area contributed by atoms with Crippen molar-refractivity contribution < 1.29 is 9.59 Å². The van der Waals surface area contributed by atoms with Gasteiger partial charge in [0, 0.05) is 17.8 Å². The highest BCUT2D eigenvalue weighted by Crippen LogP contribution is 2.09. The van der Waals surface area contributed by atoms with E-state index < -0.39 is 0 Å². The second-order valence-corrected chi connectivity index (χ2v) is 3.58. The fourth-order valence-electron chi connectivity index (χ4n) is 1.25. The molecule has 0 fully saturated rings. The molecule has 1 amide bonds. The molecule has 0 spiro atoms. The Kier molecular flexibility index (Phi) is 4.94. The van der Waals surface area contributed by atoms with Crippen molar-refractivity contribution in [3.63, 3.8) is 0 Å². The maximum Gasteiger partial charge on any atom is 0.239 e. The molecule has 0 aliphatic carbocycles. The van der Waals surface area contributed by atoms with Gasteiger partial charge < -0.3 is 10.6 Å². The van der Waals surface area contributed by atoms with Crippen molar-refractivity contribution in [2.75, 3.05) is 18.4 Å². The smallest absolute Gasteiger partial charge is 0.239 e. The van der Waals surface area contributed by atoms with Crippen LogP contribution in [0.1, 0.15) is 17.3 Å². The van der Waals surface area contributed by atoms with Gasteiger partial charge >= 0.3 is 0 Å². The number of nitrogens with one attached hydrogen (secondary N) is 2. The van der Waals surface area contributed by atoms with Crippen LogP contribution >= 0.6 is 0 Å². The molecular weight excluding hydrogens is 216 g/mol. The number of Topliss-reactive ketones (excluding diaryl/α,β-unsaturated/α-hetero) is 1. The lowest BCUT2D eigenvalue weighted by atomic mass is 10.1. The van der Waals surface area contributed by atoms with Crippen LogP contribution < -0.4 is 10.6 Å². The Morgan fingerprint density at radius 3 is 2.47 bits per heavy atom. The number of amides is 1. The number of rotatable bonds is 6. The standard InChI is InChI=1S/C13H16N2O2/c1-3-8-14-13(17)9-15-12-6-4-11(5-7-12)10(2)16/h3-7,15H,1,8-9H2,2H3,(H,14,17). The third-order valence-electron chi connectivity index (χ3n) is 2.19. The zero-order chi connectivity index (χ0) is 12.7. The molecule has 0 atom stereocenters. The van der Waals surface area contributed by atoms with Crippen molar-refractivity contribution in [3.8, 4) is 0 Å². The molecule has 0 heterocycles. The third-order valence-corrected chi connectivity index (χ3v) is 2.19. The van der Waals surface area contributed by atoms with Crippen LogP contribution in [0.4, 0.5) is 5.69 Å². The van der Waals surface area contributed by atoms with E-state index in [4.69, 9.17) is 0 Å². The van der Waals surface area contributed by atoms with Crippen molar-refractivity contribution in [2.45, 2.75) is 6.92 Å². The zero-order valence-electron chi connectivity index (χ0n) is 9.82. The fraction of sp³-hybridized carbons (Fsp3) is 0.231. The van der Waals surface area contributed by atoms with Gasteiger partial charge in [0.1, 0.15) is 0 Å². The van der Waals surface area contributed by atoms with Gasteiger partial charge in [0.25, 0.3) is 0 Å². The van der Waals surface area contributed by atoms with E-state index in [9.17, 15) is 9.59 Å². The summed E-state index contributed by atoms with van der Waals surface area (Å²) in [5.74, 6) is -0.0687. The van der Waals surface area contributed by atoms with E-state index in [1.165, 1.54) is 6.92 Å². The summed E-state index contributed by atoms with van der Waals surface area (Å²) in [6.45, 7) is 5.69. The van der Waals surface area contributed by atoms with Gasteiger partial charge in [0.2, 0.25) is 5.91 Å². The van der Waals surface area contributed by atoms with Gasteiger partial charge in [-0.05, 0) is 31.2 Å². The lowest BCUT2D eigenvalue weighted by molar-refractivity contribution is -0.119. The molecule has 0 radical (unpaired) electrons. The van der Waals surface area contributed by atoms with Crippen molar-refractivity contribution >= 4 is 17.4 Å². The maximum atomic E-state index is 11.3. The Morgan fingerprint density at radius 2 is 1.94 bits per heavy atom. The summed E-state index contributed by atoms with van der Waals surface area (Å²) in [5, 5.41) is 5.62. The highest BCUT2D eigenvalue weighted by molar-refractivity contribution is 5.94. The molecule has 1 aromatic carbocycles. The number of anilines is 1. The van der Waals surface area contributed by atoms with E-state index in [-0.39, 0.29) is 18.2 Å².